The van der Waals surface area contributed by atoms with Crippen molar-refractivity contribution in [2.45, 2.75) is 32.7 Å². The van der Waals surface area contributed by atoms with Crippen molar-refractivity contribution in [3.8, 4) is 0 Å². The lowest BCUT2D eigenvalue weighted by atomic mass is 9.70. The molecule has 1 fully saturated rings. The molecular formula is C13H20N2O2. The number of hydrogen-bond acceptors (Lipinski definition) is 3. The van der Waals surface area contributed by atoms with E-state index in [0.29, 0.717) is 11.1 Å². The number of aromatic amines is 1. The van der Waals surface area contributed by atoms with Gasteiger partial charge in [0.2, 0.25) is 0 Å². The molecule has 94 valence electrons. The van der Waals surface area contributed by atoms with Gasteiger partial charge in [-0.3, -0.25) is 0 Å². The first kappa shape index (κ1) is 12.2. The molecular weight excluding hydrogens is 216 g/mol. The lowest BCUT2D eigenvalue weighted by molar-refractivity contribution is 0.0594. The smallest absolute Gasteiger partial charge is 0.354 e. The van der Waals surface area contributed by atoms with E-state index in [2.05, 4.69) is 22.0 Å². The number of methoxy groups -OCH3 is 1. The van der Waals surface area contributed by atoms with Crippen LogP contribution in [0.1, 0.15) is 42.4 Å². The van der Waals surface area contributed by atoms with E-state index in [9.17, 15) is 4.79 Å². The molecule has 1 aliphatic carbocycles. The van der Waals surface area contributed by atoms with E-state index in [1.807, 2.05) is 6.07 Å². The molecule has 0 bridgehead atoms. The molecule has 1 aromatic heterocycles. The minimum absolute atomic E-state index is 0.317. The normalized spacial score (nSPS) is 17.5. The zero-order valence-corrected chi connectivity index (χ0v) is 10.5. The Balaban J connectivity index is 1.79. The fourth-order valence-electron chi connectivity index (χ4n) is 2.23. The molecule has 0 saturated heterocycles. The van der Waals surface area contributed by atoms with Crippen LogP contribution in [-0.2, 0) is 11.3 Å². The highest BCUT2D eigenvalue weighted by Gasteiger charge is 2.30. The third-order valence-corrected chi connectivity index (χ3v) is 3.58. The third-order valence-electron chi connectivity index (χ3n) is 3.58. The first-order chi connectivity index (χ1) is 8.13. The number of esters is 1. The first-order valence-corrected chi connectivity index (χ1v) is 6.10. The van der Waals surface area contributed by atoms with E-state index in [0.717, 1.165) is 18.8 Å². The minimum Gasteiger partial charge on any atom is -0.464 e. The minimum atomic E-state index is -0.317. The molecule has 4 heteroatoms. The summed E-state index contributed by atoms with van der Waals surface area (Å²) < 4.78 is 4.64. The van der Waals surface area contributed by atoms with Crippen molar-refractivity contribution in [3.63, 3.8) is 0 Å². The summed E-state index contributed by atoms with van der Waals surface area (Å²) in [5.41, 5.74) is 2.02. The molecule has 1 aliphatic rings. The number of H-pyrrole nitrogens is 1. The molecule has 2 rings (SSSR count). The summed E-state index contributed by atoms with van der Waals surface area (Å²) in [5, 5.41) is 3.43. The molecule has 1 saturated carbocycles. The van der Waals surface area contributed by atoms with Crippen molar-refractivity contribution in [3.05, 3.63) is 23.5 Å². The zero-order chi connectivity index (χ0) is 12.3. The van der Waals surface area contributed by atoms with Crippen LogP contribution in [0.4, 0.5) is 0 Å². The van der Waals surface area contributed by atoms with Crippen LogP contribution in [0.5, 0.6) is 0 Å². The summed E-state index contributed by atoms with van der Waals surface area (Å²) in [6.07, 6.45) is 3.99. The van der Waals surface area contributed by atoms with Crippen LogP contribution in [0.15, 0.2) is 12.1 Å². The number of ether oxygens (including phenoxy) is 1. The second-order valence-electron chi connectivity index (χ2n) is 5.16. The molecule has 1 heterocycles. The van der Waals surface area contributed by atoms with Gasteiger partial charge in [-0.2, -0.15) is 0 Å². The Kier molecular flexibility index (Phi) is 3.52. The number of nitrogens with one attached hydrogen (secondary N) is 2. The number of carbonyl (C=O) groups is 1. The highest BCUT2D eigenvalue weighted by atomic mass is 16.5. The Bertz CT molecular complexity index is 394. The van der Waals surface area contributed by atoms with E-state index >= 15 is 0 Å². The number of rotatable bonds is 5. The highest BCUT2D eigenvalue weighted by Crippen LogP contribution is 2.39. The van der Waals surface area contributed by atoms with E-state index in [-0.39, 0.29) is 5.97 Å². The zero-order valence-electron chi connectivity index (χ0n) is 10.5. The topological polar surface area (TPSA) is 54.1 Å². The SMILES string of the molecule is COC(=O)c1ccc(CNCC2(C)CCC2)[nH]1. The highest BCUT2D eigenvalue weighted by molar-refractivity contribution is 5.87. The largest absolute Gasteiger partial charge is 0.464 e. The molecule has 1 aromatic rings. The summed E-state index contributed by atoms with van der Waals surface area (Å²) in [5.74, 6) is -0.317. The molecule has 2 N–H and O–H groups in total. The van der Waals surface area contributed by atoms with Gasteiger partial charge in [0.15, 0.2) is 0 Å². The van der Waals surface area contributed by atoms with E-state index in [4.69, 9.17) is 0 Å². The van der Waals surface area contributed by atoms with Crippen molar-refractivity contribution < 1.29 is 9.53 Å². The molecule has 17 heavy (non-hydrogen) atoms. The number of hydrogen-bond donors (Lipinski definition) is 2. The Morgan fingerprint density at radius 2 is 2.29 bits per heavy atom. The monoisotopic (exact) mass is 236 g/mol. The van der Waals surface area contributed by atoms with Crippen LogP contribution in [-0.4, -0.2) is 24.6 Å². The van der Waals surface area contributed by atoms with Gasteiger partial charge in [-0.05, 0) is 30.4 Å². The van der Waals surface area contributed by atoms with Gasteiger partial charge >= 0.3 is 5.97 Å². The van der Waals surface area contributed by atoms with Crippen LogP contribution in [0.2, 0.25) is 0 Å². The van der Waals surface area contributed by atoms with Crippen molar-refractivity contribution >= 4 is 5.97 Å². The lowest BCUT2D eigenvalue weighted by Gasteiger charge is -2.38. The van der Waals surface area contributed by atoms with E-state index in [1.165, 1.54) is 26.4 Å². The van der Waals surface area contributed by atoms with E-state index in [1.54, 1.807) is 6.07 Å². The predicted octanol–water partition coefficient (Wildman–Crippen LogP) is 2.08. The van der Waals surface area contributed by atoms with Crippen LogP contribution in [0, 0.1) is 5.41 Å². The standard InChI is InChI=1S/C13H20N2O2/c1-13(6-3-7-13)9-14-8-10-4-5-11(15-10)12(16)17-2/h4-5,14-15H,3,6-9H2,1-2H3. The molecule has 4 nitrogen and oxygen atoms in total. The van der Waals surface area contributed by atoms with Crippen LogP contribution >= 0.6 is 0 Å². The molecule has 0 spiro atoms. The number of carbonyl (C=O) groups excluding carboxylic acids is 1. The van der Waals surface area contributed by atoms with Crippen LogP contribution < -0.4 is 5.32 Å². The van der Waals surface area contributed by atoms with Gasteiger partial charge < -0.3 is 15.0 Å². The van der Waals surface area contributed by atoms with E-state index < -0.39 is 0 Å². The van der Waals surface area contributed by atoms with Crippen LogP contribution in [0.25, 0.3) is 0 Å². The second kappa shape index (κ2) is 4.92. The molecule has 0 aromatic carbocycles. The molecule has 0 aliphatic heterocycles. The molecule has 0 radical (unpaired) electrons. The van der Waals surface area contributed by atoms with Gasteiger partial charge in [0.1, 0.15) is 5.69 Å². The Hall–Kier alpha value is -1.29. The third kappa shape index (κ3) is 2.88. The maximum Gasteiger partial charge on any atom is 0.354 e. The van der Waals surface area contributed by atoms with Gasteiger partial charge in [-0.25, -0.2) is 4.79 Å². The molecule has 0 amide bonds. The van der Waals surface area contributed by atoms with Crippen molar-refractivity contribution in [1.29, 1.82) is 0 Å². The van der Waals surface area contributed by atoms with Gasteiger partial charge in [0.25, 0.3) is 0 Å². The van der Waals surface area contributed by atoms with Gasteiger partial charge in [0.05, 0.1) is 7.11 Å². The summed E-state index contributed by atoms with van der Waals surface area (Å²) in [6.45, 7) is 4.13. The van der Waals surface area contributed by atoms with Crippen LogP contribution in [0.3, 0.4) is 0 Å². The van der Waals surface area contributed by atoms with Gasteiger partial charge in [-0.15, -0.1) is 0 Å². The van der Waals surface area contributed by atoms with Crippen molar-refractivity contribution in [2.75, 3.05) is 13.7 Å². The van der Waals surface area contributed by atoms with Gasteiger partial charge in [0, 0.05) is 18.8 Å². The average Bonchev–Trinajstić information content (AvgIpc) is 2.74. The van der Waals surface area contributed by atoms with Crippen molar-refractivity contribution in [1.82, 2.24) is 10.3 Å². The van der Waals surface area contributed by atoms with Gasteiger partial charge in [-0.1, -0.05) is 13.3 Å². The quantitative estimate of drug-likeness (QED) is 0.770. The predicted molar refractivity (Wildman–Crippen MR) is 65.8 cm³/mol. The Labute approximate surface area is 102 Å². The Morgan fingerprint density at radius 3 is 2.88 bits per heavy atom. The number of aromatic nitrogens is 1. The first-order valence-electron chi connectivity index (χ1n) is 6.10. The molecule has 0 atom stereocenters. The lowest BCUT2D eigenvalue weighted by Crippen LogP contribution is -2.37. The maximum atomic E-state index is 11.2. The fourth-order valence-corrected chi connectivity index (χ4v) is 2.23. The fraction of sp³-hybridized carbons (Fsp3) is 0.615. The summed E-state index contributed by atoms with van der Waals surface area (Å²) in [7, 11) is 1.39. The maximum absolute atomic E-state index is 11.2. The Morgan fingerprint density at radius 1 is 1.53 bits per heavy atom. The summed E-state index contributed by atoms with van der Waals surface area (Å²) in [6, 6.07) is 3.68. The average molecular weight is 236 g/mol. The summed E-state index contributed by atoms with van der Waals surface area (Å²) >= 11 is 0. The molecule has 0 unspecified atom stereocenters. The second-order valence-corrected chi connectivity index (χ2v) is 5.16. The summed E-state index contributed by atoms with van der Waals surface area (Å²) in [4.78, 5) is 14.3. The van der Waals surface area contributed by atoms with Crippen molar-refractivity contribution in [2.24, 2.45) is 5.41 Å².